The van der Waals surface area contributed by atoms with E-state index in [2.05, 4.69) is 4.98 Å². The quantitative estimate of drug-likeness (QED) is 0.865. The molecule has 1 aromatic heterocycles. The maximum atomic E-state index is 9.93. The van der Waals surface area contributed by atoms with E-state index in [0.29, 0.717) is 19.4 Å². The molecule has 100 valence electrons. The predicted molar refractivity (Wildman–Crippen MR) is 75.2 cm³/mol. The van der Waals surface area contributed by atoms with Crippen LogP contribution in [0.3, 0.4) is 0 Å². The van der Waals surface area contributed by atoms with Crippen LogP contribution in [-0.2, 0) is 6.42 Å². The lowest BCUT2D eigenvalue weighted by Crippen LogP contribution is -2.15. The van der Waals surface area contributed by atoms with Gasteiger partial charge in [-0.25, -0.2) is 0 Å². The Labute approximate surface area is 113 Å². The first-order chi connectivity index (χ1) is 9.24. The molecule has 0 fully saturated rings. The minimum absolute atomic E-state index is 0.394. The smallest absolute Gasteiger partial charge is 0.119 e. The van der Waals surface area contributed by atoms with Gasteiger partial charge in [-0.1, -0.05) is 18.2 Å². The number of rotatable bonds is 6. The SMILES string of the molecule is Cc1cccc(OCCC(O)Cc2cccnc2)c1. The number of aliphatic hydroxyl groups is 1. The summed E-state index contributed by atoms with van der Waals surface area (Å²) in [5.74, 6) is 0.855. The number of aromatic nitrogens is 1. The molecule has 0 radical (unpaired) electrons. The Balaban J connectivity index is 1.73. The van der Waals surface area contributed by atoms with E-state index in [1.165, 1.54) is 5.56 Å². The van der Waals surface area contributed by atoms with Crippen molar-refractivity contribution in [3.63, 3.8) is 0 Å². The Bertz CT molecular complexity index is 499. The van der Waals surface area contributed by atoms with Crippen molar-refractivity contribution >= 4 is 0 Å². The Morgan fingerprint density at radius 1 is 1.26 bits per heavy atom. The maximum Gasteiger partial charge on any atom is 0.119 e. The van der Waals surface area contributed by atoms with Gasteiger partial charge in [-0.05, 0) is 42.7 Å². The van der Waals surface area contributed by atoms with Crippen LogP contribution in [0.1, 0.15) is 17.5 Å². The van der Waals surface area contributed by atoms with Gasteiger partial charge in [-0.3, -0.25) is 4.98 Å². The summed E-state index contributed by atoms with van der Waals surface area (Å²) in [5.41, 5.74) is 2.22. The zero-order chi connectivity index (χ0) is 13.5. The molecule has 0 aliphatic rings. The normalized spacial score (nSPS) is 12.1. The number of nitrogens with zero attached hydrogens (tertiary/aromatic N) is 1. The molecular formula is C16H19NO2. The van der Waals surface area contributed by atoms with Crippen LogP contribution in [-0.4, -0.2) is 22.8 Å². The van der Waals surface area contributed by atoms with Gasteiger partial charge in [0, 0.05) is 18.8 Å². The van der Waals surface area contributed by atoms with Crippen LogP contribution in [0.25, 0.3) is 0 Å². The van der Waals surface area contributed by atoms with Crippen LogP contribution in [0.15, 0.2) is 48.8 Å². The summed E-state index contributed by atoms with van der Waals surface area (Å²) in [6.07, 6.45) is 4.35. The van der Waals surface area contributed by atoms with Crippen LogP contribution < -0.4 is 4.74 Å². The fraction of sp³-hybridized carbons (Fsp3) is 0.312. The third kappa shape index (κ3) is 4.72. The number of pyridine rings is 1. The first-order valence-corrected chi connectivity index (χ1v) is 6.50. The molecule has 3 heteroatoms. The van der Waals surface area contributed by atoms with Gasteiger partial charge in [0.1, 0.15) is 5.75 Å². The minimum atomic E-state index is -0.394. The van der Waals surface area contributed by atoms with E-state index >= 15 is 0 Å². The molecule has 0 bridgehead atoms. The molecule has 0 saturated heterocycles. The summed E-state index contributed by atoms with van der Waals surface area (Å²) >= 11 is 0. The predicted octanol–water partition coefficient (Wildman–Crippen LogP) is 2.76. The summed E-state index contributed by atoms with van der Waals surface area (Å²) in [7, 11) is 0. The highest BCUT2D eigenvalue weighted by Gasteiger charge is 2.06. The third-order valence-electron chi connectivity index (χ3n) is 2.90. The highest BCUT2D eigenvalue weighted by molar-refractivity contribution is 5.27. The van der Waals surface area contributed by atoms with Crippen LogP contribution >= 0.6 is 0 Å². The number of ether oxygens (including phenoxy) is 1. The van der Waals surface area contributed by atoms with Gasteiger partial charge in [0.2, 0.25) is 0 Å². The first-order valence-electron chi connectivity index (χ1n) is 6.50. The van der Waals surface area contributed by atoms with Gasteiger partial charge in [0.15, 0.2) is 0 Å². The van der Waals surface area contributed by atoms with E-state index in [0.717, 1.165) is 11.3 Å². The Morgan fingerprint density at radius 3 is 2.89 bits per heavy atom. The largest absolute Gasteiger partial charge is 0.493 e. The second-order valence-electron chi connectivity index (χ2n) is 4.67. The summed E-state index contributed by atoms with van der Waals surface area (Å²) in [6, 6.07) is 11.8. The molecule has 0 aliphatic heterocycles. The summed E-state index contributed by atoms with van der Waals surface area (Å²) in [5, 5.41) is 9.93. The fourth-order valence-corrected chi connectivity index (χ4v) is 1.91. The van der Waals surface area contributed by atoms with Gasteiger partial charge in [-0.2, -0.15) is 0 Å². The van der Waals surface area contributed by atoms with Crippen LogP contribution in [0.5, 0.6) is 5.75 Å². The zero-order valence-corrected chi connectivity index (χ0v) is 11.1. The van der Waals surface area contributed by atoms with Crippen molar-refractivity contribution in [1.29, 1.82) is 0 Å². The average molecular weight is 257 g/mol. The molecule has 1 unspecified atom stereocenters. The minimum Gasteiger partial charge on any atom is -0.493 e. The number of hydrogen-bond acceptors (Lipinski definition) is 3. The van der Waals surface area contributed by atoms with Crippen LogP contribution in [0.2, 0.25) is 0 Å². The van der Waals surface area contributed by atoms with Crippen molar-refractivity contribution in [3.05, 3.63) is 59.9 Å². The molecule has 1 heterocycles. The van der Waals surface area contributed by atoms with Crippen molar-refractivity contribution < 1.29 is 9.84 Å². The van der Waals surface area contributed by atoms with Crippen molar-refractivity contribution in [1.82, 2.24) is 4.98 Å². The van der Waals surface area contributed by atoms with Gasteiger partial charge in [-0.15, -0.1) is 0 Å². The topological polar surface area (TPSA) is 42.4 Å². The van der Waals surface area contributed by atoms with E-state index < -0.39 is 6.10 Å². The number of benzene rings is 1. The van der Waals surface area contributed by atoms with Crippen molar-refractivity contribution in [2.75, 3.05) is 6.61 Å². The fourth-order valence-electron chi connectivity index (χ4n) is 1.91. The van der Waals surface area contributed by atoms with E-state index in [9.17, 15) is 5.11 Å². The molecule has 0 aliphatic carbocycles. The highest BCUT2D eigenvalue weighted by atomic mass is 16.5. The van der Waals surface area contributed by atoms with Gasteiger partial charge in [0.05, 0.1) is 12.7 Å². The molecule has 0 spiro atoms. The van der Waals surface area contributed by atoms with E-state index in [4.69, 9.17) is 4.74 Å². The molecule has 0 saturated carbocycles. The maximum absolute atomic E-state index is 9.93. The molecular weight excluding hydrogens is 238 g/mol. The van der Waals surface area contributed by atoms with Gasteiger partial charge < -0.3 is 9.84 Å². The van der Waals surface area contributed by atoms with Gasteiger partial charge >= 0.3 is 0 Å². The number of hydrogen-bond donors (Lipinski definition) is 1. The Hall–Kier alpha value is -1.87. The molecule has 1 atom stereocenters. The molecule has 2 aromatic rings. The average Bonchev–Trinajstić information content (AvgIpc) is 2.40. The molecule has 19 heavy (non-hydrogen) atoms. The Kier molecular flexibility index (Phi) is 4.93. The second-order valence-corrected chi connectivity index (χ2v) is 4.67. The number of aryl methyl sites for hydroxylation is 1. The van der Waals surface area contributed by atoms with E-state index in [1.54, 1.807) is 12.4 Å². The lowest BCUT2D eigenvalue weighted by atomic mass is 10.1. The summed E-state index contributed by atoms with van der Waals surface area (Å²) in [6.45, 7) is 2.55. The molecule has 0 amide bonds. The molecule has 3 nitrogen and oxygen atoms in total. The highest BCUT2D eigenvalue weighted by Crippen LogP contribution is 2.13. The van der Waals surface area contributed by atoms with Crippen molar-refractivity contribution in [3.8, 4) is 5.75 Å². The third-order valence-corrected chi connectivity index (χ3v) is 2.90. The van der Waals surface area contributed by atoms with Gasteiger partial charge in [0.25, 0.3) is 0 Å². The second kappa shape index (κ2) is 6.90. The van der Waals surface area contributed by atoms with Crippen LogP contribution in [0.4, 0.5) is 0 Å². The first kappa shape index (κ1) is 13.6. The van der Waals surface area contributed by atoms with Crippen molar-refractivity contribution in [2.24, 2.45) is 0 Å². The lowest BCUT2D eigenvalue weighted by Gasteiger charge is -2.11. The van der Waals surface area contributed by atoms with Crippen molar-refractivity contribution in [2.45, 2.75) is 25.9 Å². The van der Waals surface area contributed by atoms with E-state index in [1.807, 2.05) is 43.3 Å². The lowest BCUT2D eigenvalue weighted by molar-refractivity contribution is 0.139. The molecule has 1 aromatic carbocycles. The van der Waals surface area contributed by atoms with Crippen LogP contribution in [0, 0.1) is 6.92 Å². The van der Waals surface area contributed by atoms with E-state index in [-0.39, 0.29) is 0 Å². The standard InChI is InChI=1S/C16H19NO2/c1-13-4-2-6-16(10-13)19-9-7-15(18)11-14-5-3-8-17-12-14/h2-6,8,10,12,15,18H,7,9,11H2,1H3. The monoisotopic (exact) mass is 257 g/mol. The molecule has 2 rings (SSSR count). The summed E-state index contributed by atoms with van der Waals surface area (Å²) in [4.78, 5) is 4.03. The number of aliphatic hydroxyl groups excluding tert-OH is 1. The zero-order valence-electron chi connectivity index (χ0n) is 11.1. The molecule has 1 N–H and O–H groups in total. The Morgan fingerprint density at radius 2 is 2.16 bits per heavy atom. The summed E-state index contributed by atoms with van der Waals surface area (Å²) < 4.78 is 5.62.